The molecule has 1 aromatic heterocycles. The van der Waals surface area contributed by atoms with Crippen molar-refractivity contribution in [1.29, 1.82) is 0 Å². The molecule has 0 bridgehead atoms. The summed E-state index contributed by atoms with van der Waals surface area (Å²) in [4.78, 5) is 4.53. The first-order valence-corrected chi connectivity index (χ1v) is 7.99. The maximum atomic E-state index is 11.2. The molecule has 118 valence electrons. The van der Waals surface area contributed by atoms with Crippen LogP contribution in [-0.2, 0) is 18.6 Å². The topological polar surface area (TPSA) is 38.1 Å². The lowest BCUT2D eigenvalue weighted by atomic mass is 9.92. The van der Waals surface area contributed by atoms with Gasteiger partial charge in [0.2, 0.25) is 0 Å². The Morgan fingerprint density at radius 2 is 1.61 bits per heavy atom. The van der Waals surface area contributed by atoms with Crippen LogP contribution in [0.2, 0.25) is 0 Å². The molecule has 3 rings (SSSR count). The van der Waals surface area contributed by atoms with Crippen molar-refractivity contribution in [2.75, 3.05) is 0 Å². The molecule has 0 aliphatic heterocycles. The Morgan fingerprint density at radius 1 is 1.00 bits per heavy atom. The quantitative estimate of drug-likeness (QED) is 0.779. The van der Waals surface area contributed by atoms with Crippen molar-refractivity contribution in [2.45, 2.75) is 32.4 Å². The van der Waals surface area contributed by atoms with Gasteiger partial charge in [-0.25, -0.2) is 4.98 Å². The highest BCUT2D eigenvalue weighted by Crippen LogP contribution is 2.30. The molecule has 0 radical (unpaired) electrons. The van der Waals surface area contributed by atoms with Crippen LogP contribution in [0.5, 0.6) is 0 Å². The van der Waals surface area contributed by atoms with Crippen molar-refractivity contribution in [1.82, 2.24) is 9.55 Å². The van der Waals surface area contributed by atoms with Gasteiger partial charge < -0.3 is 9.67 Å². The molecule has 1 atom stereocenters. The van der Waals surface area contributed by atoms with Gasteiger partial charge in [-0.05, 0) is 18.1 Å². The van der Waals surface area contributed by atoms with E-state index in [0.29, 0.717) is 6.54 Å². The van der Waals surface area contributed by atoms with Crippen LogP contribution >= 0.6 is 0 Å². The Kier molecular flexibility index (Phi) is 4.30. The molecule has 0 aliphatic carbocycles. The van der Waals surface area contributed by atoms with E-state index in [0.717, 1.165) is 23.5 Å². The molecule has 0 aliphatic rings. The van der Waals surface area contributed by atoms with Crippen LogP contribution in [0.4, 0.5) is 0 Å². The summed E-state index contributed by atoms with van der Waals surface area (Å²) in [6.07, 6.45) is 2.63. The largest absolute Gasteiger partial charge is 0.379 e. The highest BCUT2D eigenvalue weighted by atomic mass is 16.3. The first-order valence-electron chi connectivity index (χ1n) is 7.99. The van der Waals surface area contributed by atoms with Crippen LogP contribution in [0.3, 0.4) is 0 Å². The molecule has 3 nitrogen and oxygen atoms in total. The average Bonchev–Trinajstić information content (AvgIpc) is 3.00. The Bertz CT molecular complexity index is 761. The molecule has 0 fully saturated rings. The summed E-state index contributed by atoms with van der Waals surface area (Å²) in [5.41, 5.74) is 1.82. The SMILES string of the molecule is CCc1ncc([C@@](C)(O)c2ccccc2)n1Cc1ccccc1. The van der Waals surface area contributed by atoms with E-state index in [4.69, 9.17) is 0 Å². The lowest BCUT2D eigenvalue weighted by molar-refractivity contribution is 0.0932. The van der Waals surface area contributed by atoms with Crippen molar-refractivity contribution in [3.63, 3.8) is 0 Å². The number of aryl methyl sites for hydroxylation is 1. The number of hydrogen-bond acceptors (Lipinski definition) is 2. The molecular formula is C20H22N2O. The fourth-order valence-corrected chi connectivity index (χ4v) is 2.94. The summed E-state index contributed by atoms with van der Waals surface area (Å²) in [7, 11) is 0. The van der Waals surface area contributed by atoms with Crippen molar-refractivity contribution >= 4 is 0 Å². The lowest BCUT2D eigenvalue weighted by Gasteiger charge is -2.26. The second kappa shape index (κ2) is 6.39. The molecule has 0 unspecified atom stereocenters. The van der Waals surface area contributed by atoms with Crippen LogP contribution in [0.25, 0.3) is 0 Å². The van der Waals surface area contributed by atoms with Crippen LogP contribution in [0.1, 0.15) is 36.5 Å². The van der Waals surface area contributed by atoms with Crippen LogP contribution in [0, 0.1) is 0 Å². The number of nitrogens with zero attached hydrogens (tertiary/aromatic N) is 2. The third kappa shape index (κ3) is 3.06. The standard InChI is InChI=1S/C20H22N2O/c1-3-19-21-14-18(20(2,23)17-12-8-5-9-13-17)22(19)15-16-10-6-4-7-11-16/h4-14,23H,3,15H2,1-2H3/t20-/m0/s1. The van der Waals surface area contributed by atoms with E-state index in [1.165, 1.54) is 5.56 Å². The summed E-state index contributed by atoms with van der Waals surface area (Å²) >= 11 is 0. The monoisotopic (exact) mass is 306 g/mol. The van der Waals surface area contributed by atoms with Crippen molar-refractivity contribution in [2.24, 2.45) is 0 Å². The summed E-state index contributed by atoms with van der Waals surface area (Å²) < 4.78 is 2.13. The van der Waals surface area contributed by atoms with Crippen molar-refractivity contribution in [3.05, 3.63) is 89.5 Å². The molecule has 0 saturated heterocycles. The molecular weight excluding hydrogens is 284 g/mol. The first-order chi connectivity index (χ1) is 11.1. The van der Waals surface area contributed by atoms with Gasteiger partial charge in [-0.1, -0.05) is 67.6 Å². The Hall–Kier alpha value is -2.39. The molecule has 23 heavy (non-hydrogen) atoms. The van der Waals surface area contributed by atoms with Crippen LogP contribution < -0.4 is 0 Å². The number of imidazole rings is 1. The summed E-state index contributed by atoms with van der Waals surface area (Å²) in [5.74, 6) is 0.986. The van der Waals surface area contributed by atoms with Gasteiger partial charge in [-0.3, -0.25) is 0 Å². The van der Waals surface area contributed by atoms with Gasteiger partial charge in [0.15, 0.2) is 0 Å². The predicted molar refractivity (Wildman–Crippen MR) is 92.3 cm³/mol. The van der Waals surface area contributed by atoms with Gasteiger partial charge in [0, 0.05) is 13.0 Å². The van der Waals surface area contributed by atoms with E-state index in [-0.39, 0.29) is 0 Å². The van der Waals surface area contributed by atoms with Crippen molar-refractivity contribution in [3.8, 4) is 0 Å². The van der Waals surface area contributed by atoms with Gasteiger partial charge in [-0.2, -0.15) is 0 Å². The zero-order valence-electron chi connectivity index (χ0n) is 13.6. The average molecular weight is 306 g/mol. The zero-order valence-corrected chi connectivity index (χ0v) is 13.6. The number of aliphatic hydroxyl groups is 1. The first kappa shape index (κ1) is 15.5. The number of rotatable bonds is 5. The molecule has 3 heteroatoms. The minimum Gasteiger partial charge on any atom is -0.379 e. The van der Waals surface area contributed by atoms with Gasteiger partial charge in [-0.15, -0.1) is 0 Å². The Labute approximate surface area is 137 Å². The molecule has 1 N–H and O–H groups in total. The van der Waals surface area contributed by atoms with Gasteiger partial charge >= 0.3 is 0 Å². The zero-order chi connectivity index (χ0) is 16.3. The fourth-order valence-electron chi connectivity index (χ4n) is 2.94. The Morgan fingerprint density at radius 3 is 2.22 bits per heavy atom. The van der Waals surface area contributed by atoms with Crippen molar-refractivity contribution < 1.29 is 5.11 Å². The maximum Gasteiger partial charge on any atom is 0.128 e. The second-order valence-corrected chi connectivity index (χ2v) is 5.92. The molecule has 0 amide bonds. The summed E-state index contributed by atoms with van der Waals surface area (Å²) in [5, 5.41) is 11.2. The third-order valence-electron chi connectivity index (χ3n) is 4.27. The smallest absolute Gasteiger partial charge is 0.128 e. The van der Waals surface area contributed by atoms with Crippen LogP contribution in [-0.4, -0.2) is 14.7 Å². The predicted octanol–water partition coefficient (Wildman–Crippen LogP) is 3.75. The second-order valence-electron chi connectivity index (χ2n) is 5.92. The third-order valence-corrected chi connectivity index (χ3v) is 4.27. The summed E-state index contributed by atoms with van der Waals surface area (Å²) in [6, 6.07) is 20.0. The van der Waals surface area contributed by atoms with Gasteiger partial charge in [0.05, 0.1) is 11.9 Å². The van der Waals surface area contributed by atoms with Gasteiger partial charge in [0.25, 0.3) is 0 Å². The lowest BCUT2D eigenvalue weighted by Crippen LogP contribution is -2.27. The fraction of sp³-hybridized carbons (Fsp3) is 0.250. The number of benzene rings is 2. The van der Waals surface area contributed by atoms with E-state index >= 15 is 0 Å². The normalized spacial score (nSPS) is 13.7. The van der Waals surface area contributed by atoms with E-state index in [1.807, 2.05) is 55.5 Å². The highest BCUT2D eigenvalue weighted by molar-refractivity contribution is 5.32. The molecule has 3 aromatic rings. The summed E-state index contributed by atoms with van der Waals surface area (Å²) in [6.45, 7) is 4.63. The van der Waals surface area contributed by atoms with Crippen LogP contribution in [0.15, 0.2) is 66.9 Å². The molecule has 1 heterocycles. The minimum atomic E-state index is -1.07. The maximum absolute atomic E-state index is 11.2. The number of hydrogen-bond donors (Lipinski definition) is 1. The van der Waals surface area contributed by atoms with E-state index in [9.17, 15) is 5.11 Å². The van der Waals surface area contributed by atoms with E-state index < -0.39 is 5.60 Å². The minimum absolute atomic E-state index is 0.711. The highest BCUT2D eigenvalue weighted by Gasteiger charge is 2.30. The Balaban J connectivity index is 2.05. The molecule has 2 aromatic carbocycles. The van der Waals surface area contributed by atoms with E-state index in [2.05, 4.69) is 28.6 Å². The number of aromatic nitrogens is 2. The van der Waals surface area contributed by atoms with Gasteiger partial charge in [0.1, 0.15) is 11.4 Å². The molecule has 0 spiro atoms. The molecule has 0 saturated carbocycles. The van der Waals surface area contributed by atoms with E-state index in [1.54, 1.807) is 6.20 Å².